The average Bonchev–Trinajstić information content (AvgIpc) is 2.93. The minimum atomic E-state index is -0.456. The van der Waals surface area contributed by atoms with Crippen LogP contribution < -0.4 is 11.1 Å². The number of primary amides is 1. The van der Waals surface area contributed by atoms with Gasteiger partial charge in [-0.3, -0.25) is 4.79 Å². The first-order valence-electron chi connectivity index (χ1n) is 8.22. The molecule has 0 saturated carbocycles. The smallest absolute Gasteiger partial charge is 0.250 e. The molecule has 5 heteroatoms. The summed E-state index contributed by atoms with van der Waals surface area (Å²) in [6.45, 7) is 2.15. The Bertz CT molecular complexity index is 930. The van der Waals surface area contributed by atoms with Crippen molar-refractivity contribution in [3.8, 4) is 0 Å². The van der Waals surface area contributed by atoms with Gasteiger partial charge in [0.25, 0.3) is 5.91 Å². The summed E-state index contributed by atoms with van der Waals surface area (Å²) in [6.07, 6.45) is 3.07. The van der Waals surface area contributed by atoms with Crippen molar-refractivity contribution in [2.75, 3.05) is 5.32 Å². The van der Waals surface area contributed by atoms with Crippen LogP contribution in [-0.4, -0.2) is 15.9 Å². The van der Waals surface area contributed by atoms with E-state index in [0.717, 1.165) is 36.3 Å². The molecule has 0 saturated heterocycles. The number of nitrogens with two attached hydrogens (primary N) is 1. The van der Waals surface area contributed by atoms with E-state index in [1.54, 1.807) is 6.07 Å². The van der Waals surface area contributed by atoms with Crippen molar-refractivity contribution in [1.29, 1.82) is 0 Å². The highest BCUT2D eigenvalue weighted by molar-refractivity contribution is 6.04. The molecule has 0 fully saturated rings. The highest BCUT2D eigenvalue weighted by Crippen LogP contribution is 2.35. The van der Waals surface area contributed by atoms with Crippen LogP contribution in [0.25, 0.3) is 11.0 Å². The van der Waals surface area contributed by atoms with Crippen LogP contribution in [0, 0.1) is 0 Å². The van der Waals surface area contributed by atoms with E-state index in [9.17, 15) is 4.79 Å². The number of fused-ring (bicyclic) bond motifs is 2. The van der Waals surface area contributed by atoms with Gasteiger partial charge in [-0.25, -0.2) is 4.98 Å². The zero-order valence-electron chi connectivity index (χ0n) is 13.6. The van der Waals surface area contributed by atoms with Crippen LogP contribution in [0.1, 0.15) is 41.5 Å². The number of aromatic amines is 1. The summed E-state index contributed by atoms with van der Waals surface area (Å²) in [6, 6.07) is 13.8. The number of rotatable bonds is 2. The molecule has 2 aromatic carbocycles. The molecule has 0 aliphatic carbocycles. The number of hydrogen-bond acceptors (Lipinski definition) is 3. The van der Waals surface area contributed by atoms with Crippen LogP contribution in [0.15, 0.2) is 42.5 Å². The molecular formula is C19H20N4O. The van der Waals surface area contributed by atoms with Crippen LogP contribution in [0.3, 0.4) is 0 Å². The first-order valence-corrected chi connectivity index (χ1v) is 8.22. The molecule has 4 N–H and O–H groups in total. The molecule has 1 aliphatic rings. The number of hydrogen-bond donors (Lipinski definition) is 3. The summed E-state index contributed by atoms with van der Waals surface area (Å²) in [5, 5.41) is 3.65. The zero-order chi connectivity index (χ0) is 16.7. The Kier molecular flexibility index (Phi) is 3.30. The molecule has 1 atom stereocenters. The van der Waals surface area contributed by atoms with Crippen LogP contribution in [-0.2, 0) is 12.0 Å². The maximum atomic E-state index is 11.7. The SMILES string of the molecule is CC1(c2nc3c(C(N)=O)cccc3[nH]2)CCCc2ccccc2N1. The molecule has 0 radical (unpaired) electrons. The Morgan fingerprint density at radius 2 is 2.04 bits per heavy atom. The Labute approximate surface area is 140 Å². The summed E-state index contributed by atoms with van der Waals surface area (Å²) >= 11 is 0. The summed E-state index contributed by atoms with van der Waals surface area (Å²) < 4.78 is 0. The van der Waals surface area contributed by atoms with Gasteiger partial charge >= 0.3 is 0 Å². The van der Waals surface area contributed by atoms with E-state index in [-0.39, 0.29) is 5.54 Å². The Hall–Kier alpha value is -2.82. The normalized spacial score (nSPS) is 20.2. The van der Waals surface area contributed by atoms with Gasteiger partial charge in [0.2, 0.25) is 0 Å². The van der Waals surface area contributed by atoms with Crippen LogP contribution >= 0.6 is 0 Å². The largest absolute Gasteiger partial charge is 0.373 e. The van der Waals surface area contributed by atoms with Crippen molar-refractivity contribution in [2.24, 2.45) is 5.73 Å². The van der Waals surface area contributed by atoms with E-state index < -0.39 is 5.91 Å². The van der Waals surface area contributed by atoms with E-state index in [4.69, 9.17) is 10.7 Å². The van der Waals surface area contributed by atoms with Gasteiger partial charge < -0.3 is 16.0 Å². The molecule has 1 aliphatic heterocycles. The maximum absolute atomic E-state index is 11.7. The number of imidazole rings is 1. The maximum Gasteiger partial charge on any atom is 0.250 e. The fraction of sp³-hybridized carbons (Fsp3) is 0.263. The number of aromatic nitrogens is 2. The van der Waals surface area contributed by atoms with Gasteiger partial charge in [0.15, 0.2) is 0 Å². The number of nitrogens with one attached hydrogen (secondary N) is 2. The van der Waals surface area contributed by atoms with Gasteiger partial charge in [0, 0.05) is 5.69 Å². The third kappa shape index (κ3) is 2.33. The molecule has 24 heavy (non-hydrogen) atoms. The molecule has 0 bridgehead atoms. The predicted molar refractivity (Wildman–Crippen MR) is 95.0 cm³/mol. The minimum absolute atomic E-state index is 0.319. The second kappa shape index (κ2) is 5.37. The number of H-pyrrole nitrogens is 1. The van der Waals surface area contributed by atoms with Crippen molar-refractivity contribution in [1.82, 2.24) is 9.97 Å². The lowest BCUT2D eigenvalue weighted by molar-refractivity contribution is 0.100. The second-order valence-electron chi connectivity index (χ2n) is 6.62. The summed E-state index contributed by atoms with van der Waals surface area (Å²) in [4.78, 5) is 19.8. The van der Waals surface area contributed by atoms with E-state index >= 15 is 0 Å². The number of aryl methyl sites for hydroxylation is 1. The molecule has 0 spiro atoms. The molecule has 5 nitrogen and oxygen atoms in total. The van der Waals surface area contributed by atoms with Gasteiger partial charge in [-0.1, -0.05) is 24.3 Å². The third-order valence-corrected chi connectivity index (χ3v) is 4.85. The first-order chi connectivity index (χ1) is 11.6. The molecule has 3 aromatic rings. The Morgan fingerprint density at radius 3 is 2.88 bits per heavy atom. The number of amides is 1. The first kappa shape index (κ1) is 14.8. The van der Waals surface area contributed by atoms with Gasteiger partial charge in [-0.05, 0) is 49.9 Å². The lowest BCUT2D eigenvalue weighted by Crippen LogP contribution is -2.32. The van der Waals surface area contributed by atoms with Gasteiger partial charge in [0.05, 0.1) is 16.6 Å². The summed E-state index contributed by atoms with van der Waals surface area (Å²) in [7, 11) is 0. The fourth-order valence-corrected chi connectivity index (χ4v) is 3.52. The quantitative estimate of drug-likeness (QED) is 0.677. The number of carbonyl (C=O) groups excluding carboxylic acids is 1. The Balaban J connectivity index is 1.81. The monoisotopic (exact) mass is 320 g/mol. The predicted octanol–water partition coefficient (Wildman–Crippen LogP) is 3.33. The molecule has 2 heterocycles. The number of para-hydroxylation sites is 2. The fourth-order valence-electron chi connectivity index (χ4n) is 3.52. The molecule has 1 unspecified atom stereocenters. The molecule has 1 aromatic heterocycles. The number of benzene rings is 2. The minimum Gasteiger partial charge on any atom is -0.373 e. The van der Waals surface area contributed by atoms with E-state index in [1.807, 2.05) is 18.2 Å². The van der Waals surface area contributed by atoms with Crippen molar-refractivity contribution < 1.29 is 4.79 Å². The molecular weight excluding hydrogens is 300 g/mol. The van der Waals surface area contributed by atoms with Crippen molar-refractivity contribution in [3.63, 3.8) is 0 Å². The molecule has 1 amide bonds. The topological polar surface area (TPSA) is 83.8 Å². The molecule has 122 valence electrons. The molecule has 4 rings (SSSR count). The highest BCUT2D eigenvalue weighted by Gasteiger charge is 2.32. The average molecular weight is 320 g/mol. The van der Waals surface area contributed by atoms with Gasteiger partial charge in [-0.15, -0.1) is 0 Å². The van der Waals surface area contributed by atoms with E-state index in [1.165, 1.54) is 5.56 Å². The van der Waals surface area contributed by atoms with Crippen molar-refractivity contribution in [2.45, 2.75) is 31.7 Å². The lowest BCUT2D eigenvalue weighted by Gasteiger charge is -2.28. The zero-order valence-corrected chi connectivity index (χ0v) is 13.6. The van der Waals surface area contributed by atoms with Gasteiger partial charge in [0.1, 0.15) is 11.3 Å². The Morgan fingerprint density at radius 1 is 1.21 bits per heavy atom. The van der Waals surface area contributed by atoms with E-state index in [0.29, 0.717) is 11.1 Å². The number of anilines is 1. The van der Waals surface area contributed by atoms with Gasteiger partial charge in [-0.2, -0.15) is 0 Å². The third-order valence-electron chi connectivity index (χ3n) is 4.85. The summed E-state index contributed by atoms with van der Waals surface area (Å²) in [5.74, 6) is 0.380. The number of nitrogens with zero attached hydrogens (tertiary/aromatic N) is 1. The second-order valence-corrected chi connectivity index (χ2v) is 6.62. The standard InChI is InChI=1S/C19H20N4O/c1-19(11-5-7-12-6-2-3-9-14(12)23-19)18-21-15-10-4-8-13(17(20)24)16(15)22-18/h2-4,6,8-10,23H,5,7,11H2,1H3,(H2,20,24)(H,21,22). The number of carbonyl (C=O) groups is 1. The van der Waals surface area contributed by atoms with E-state index in [2.05, 4.69) is 35.4 Å². The summed E-state index contributed by atoms with van der Waals surface area (Å²) in [5.41, 5.74) is 9.56. The van der Waals surface area contributed by atoms with Crippen molar-refractivity contribution >= 4 is 22.6 Å². The van der Waals surface area contributed by atoms with Crippen LogP contribution in [0.5, 0.6) is 0 Å². The van der Waals surface area contributed by atoms with Crippen LogP contribution in [0.2, 0.25) is 0 Å². The highest BCUT2D eigenvalue weighted by atomic mass is 16.1. The van der Waals surface area contributed by atoms with Crippen LogP contribution in [0.4, 0.5) is 5.69 Å². The lowest BCUT2D eigenvalue weighted by atomic mass is 9.95. The van der Waals surface area contributed by atoms with Crippen molar-refractivity contribution in [3.05, 3.63) is 59.4 Å².